The molecule has 138 valence electrons. The van der Waals surface area contributed by atoms with Crippen molar-refractivity contribution in [1.82, 2.24) is 10.2 Å². The van der Waals surface area contributed by atoms with E-state index in [2.05, 4.69) is 10.2 Å². The third-order valence-corrected chi connectivity index (χ3v) is 5.22. The van der Waals surface area contributed by atoms with Crippen LogP contribution in [0.1, 0.15) is 36.4 Å². The summed E-state index contributed by atoms with van der Waals surface area (Å²) in [5.41, 5.74) is -0.0748. The van der Waals surface area contributed by atoms with Gasteiger partial charge in [0.05, 0.1) is 10.6 Å². The fourth-order valence-electron chi connectivity index (χ4n) is 3.46. The average molecular weight is 406 g/mol. The van der Waals surface area contributed by atoms with Crippen LogP contribution in [0.25, 0.3) is 0 Å². The SMILES string of the molecule is Cl.Cl.FC(F)(F)c1cccc([C@@H](C2CCC2)N2CCNCC2)c1Cl. The highest BCUT2D eigenvalue weighted by Crippen LogP contribution is 2.46. The van der Waals surface area contributed by atoms with Gasteiger partial charge in [0.25, 0.3) is 0 Å². The van der Waals surface area contributed by atoms with Crippen molar-refractivity contribution in [2.45, 2.75) is 31.5 Å². The molecule has 0 amide bonds. The van der Waals surface area contributed by atoms with Crippen LogP contribution in [0.3, 0.4) is 0 Å². The molecule has 0 bridgehead atoms. The van der Waals surface area contributed by atoms with Crippen LogP contribution in [-0.2, 0) is 6.18 Å². The number of rotatable bonds is 3. The van der Waals surface area contributed by atoms with E-state index in [-0.39, 0.29) is 35.9 Å². The maximum Gasteiger partial charge on any atom is 0.417 e. The summed E-state index contributed by atoms with van der Waals surface area (Å²) in [4.78, 5) is 2.29. The molecule has 1 atom stereocenters. The first-order valence-corrected chi connectivity index (χ1v) is 8.16. The lowest BCUT2D eigenvalue weighted by Crippen LogP contribution is -2.48. The van der Waals surface area contributed by atoms with Crippen molar-refractivity contribution in [3.8, 4) is 0 Å². The van der Waals surface area contributed by atoms with Gasteiger partial charge in [-0.05, 0) is 30.4 Å². The minimum atomic E-state index is -4.40. The highest BCUT2D eigenvalue weighted by molar-refractivity contribution is 6.32. The second kappa shape index (κ2) is 8.95. The number of benzene rings is 1. The molecule has 1 N–H and O–H groups in total. The third-order valence-electron chi connectivity index (χ3n) is 4.79. The van der Waals surface area contributed by atoms with Crippen LogP contribution in [0.4, 0.5) is 13.2 Å². The Morgan fingerprint density at radius 1 is 1.12 bits per heavy atom. The van der Waals surface area contributed by atoms with E-state index >= 15 is 0 Å². The lowest BCUT2D eigenvalue weighted by molar-refractivity contribution is -0.137. The molecule has 0 aromatic heterocycles. The van der Waals surface area contributed by atoms with Crippen LogP contribution >= 0.6 is 36.4 Å². The first kappa shape index (κ1) is 21.8. The Balaban J connectivity index is 0.00000144. The van der Waals surface area contributed by atoms with Crippen molar-refractivity contribution in [2.75, 3.05) is 26.2 Å². The average Bonchev–Trinajstić information content (AvgIpc) is 2.43. The molecule has 0 radical (unpaired) electrons. The lowest BCUT2D eigenvalue weighted by Gasteiger charge is -2.43. The van der Waals surface area contributed by atoms with Gasteiger partial charge in [-0.1, -0.05) is 30.2 Å². The minimum Gasteiger partial charge on any atom is -0.314 e. The summed E-state index contributed by atoms with van der Waals surface area (Å²) >= 11 is 6.17. The fourth-order valence-corrected chi connectivity index (χ4v) is 3.81. The van der Waals surface area contributed by atoms with E-state index in [9.17, 15) is 13.2 Å². The van der Waals surface area contributed by atoms with Crippen LogP contribution in [0.2, 0.25) is 5.02 Å². The number of nitrogens with one attached hydrogen (secondary N) is 1. The van der Waals surface area contributed by atoms with Crippen LogP contribution in [0, 0.1) is 5.92 Å². The summed E-state index contributed by atoms with van der Waals surface area (Å²) in [6.07, 6.45) is -1.10. The number of alkyl halides is 3. The Morgan fingerprint density at radius 2 is 1.75 bits per heavy atom. The molecule has 1 saturated heterocycles. The number of halogens is 6. The van der Waals surface area contributed by atoms with E-state index < -0.39 is 11.7 Å². The molecular weight excluding hydrogens is 384 g/mol. The van der Waals surface area contributed by atoms with Crippen LogP contribution in [0.5, 0.6) is 0 Å². The van der Waals surface area contributed by atoms with Crippen molar-refractivity contribution >= 4 is 36.4 Å². The zero-order valence-corrected chi connectivity index (χ0v) is 15.5. The van der Waals surface area contributed by atoms with E-state index in [1.54, 1.807) is 6.07 Å². The number of piperazine rings is 1. The summed E-state index contributed by atoms with van der Waals surface area (Å²) < 4.78 is 39.4. The first-order valence-electron chi connectivity index (χ1n) is 7.79. The highest BCUT2D eigenvalue weighted by atomic mass is 35.5. The first-order chi connectivity index (χ1) is 10.5. The van der Waals surface area contributed by atoms with Crippen LogP contribution < -0.4 is 5.32 Å². The molecule has 1 aromatic rings. The Kier molecular flexibility index (Phi) is 8.14. The Morgan fingerprint density at radius 3 is 2.25 bits per heavy atom. The summed E-state index contributed by atoms with van der Waals surface area (Å²) in [5.74, 6) is 0.416. The van der Waals surface area contributed by atoms with E-state index in [1.807, 2.05) is 0 Å². The minimum absolute atomic E-state index is 0. The monoisotopic (exact) mass is 404 g/mol. The summed E-state index contributed by atoms with van der Waals surface area (Å²) in [6.45, 7) is 3.46. The van der Waals surface area contributed by atoms with E-state index in [1.165, 1.54) is 6.07 Å². The Bertz CT molecular complexity index is 530. The van der Waals surface area contributed by atoms with Crippen molar-refractivity contribution < 1.29 is 13.2 Å². The van der Waals surface area contributed by atoms with Crippen molar-refractivity contribution in [1.29, 1.82) is 0 Å². The zero-order chi connectivity index (χ0) is 15.7. The van der Waals surface area contributed by atoms with Crippen molar-refractivity contribution in [2.24, 2.45) is 5.92 Å². The van der Waals surface area contributed by atoms with Gasteiger partial charge in [-0.2, -0.15) is 13.2 Å². The molecule has 1 aliphatic heterocycles. The lowest BCUT2D eigenvalue weighted by atomic mass is 9.76. The third kappa shape index (κ3) is 4.50. The standard InChI is InChI=1S/C16H20ClF3N2.2ClH/c17-14-12(5-2-6-13(14)16(18,19)20)15(11-3-1-4-11)22-9-7-21-8-10-22;;/h2,5-6,11,15,21H,1,3-4,7-10H2;2*1H/t15-;;/m1../s1. The molecule has 2 aliphatic rings. The summed E-state index contributed by atoms with van der Waals surface area (Å²) in [5, 5.41) is 3.17. The molecule has 1 aromatic carbocycles. The second-order valence-corrected chi connectivity index (χ2v) is 6.51. The fraction of sp³-hybridized carbons (Fsp3) is 0.625. The Labute approximate surface area is 157 Å². The highest BCUT2D eigenvalue weighted by Gasteiger charge is 2.39. The van der Waals surface area contributed by atoms with Gasteiger partial charge in [-0.3, -0.25) is 4.90 Å². The van der Waals surface area contributed by atoms with Gasteiger partial charge < -0.3 is 5.32 Å². The molecule has 1 heterocycles. The quantitative estimate of drug-likeness (QED) is 0.765. The molecule has 2 nitrogen and oxygen atoms in total. The molecule has 24 heavy (non-hydrogen) atoms. The molecule has 8 heteroatoms. The molecule has 0 unspecified atom stereocenters. The molecular formula is C16H22Cl3F3N2. The maximum atomic E-state index is 13.1. The predicted molar refractivity (Wildman–Crippen MR) is 95.5 cm³/mol. The van der Waals surface area contributed by atoms with E-state index in [0.717, 1.165) is 51.5 Å². The number of nitrogens with zero attached hydrogens (tertiary/aromatic N) is 1. The van der Waals surface area contributed by atoms with Gasteiger partial charge in [0.1, 0.15) is 0 Å². The van der Waals surface area contributed by atoms with E-state index in [0.29, 0.717) is 11.5 Å². The van der Waals surface area contributed by atoms with Crippen molar-refractivity contribution in [3.63, 3.8) is 0 Å². The van der Waals surface area contributed by atoms with Crippen LogP contribution in [0.15, 0.2) is 18.2 Å². The molecule has 3 rings (SSSR count). The van der Waals surface area contributed by atoms with Gasteiger partial charge in [0, 0.05) is 32.2 Å². The topological polar surface area (TPSA) is 15.3 Å². The zero-order valence-electron chi connectivity index (χ0n) is 13.1. The second-order valence-electron chi connectivity index (χ2n) is 6.13. The van der Waals surface area contributed by atoms with Crippen LogP contribution in [-0.4, -0.2) is 31.1 Å². The number of hydrogen-bond acceptors (Lipinski definition) is 2. The predicted octanol–water partition coefficient (Wildman–Crippen LogP) is 4.95. The van der Waals surface area contributed by atoms with E-state index in [4.69, 9.17) is 11.6 Å². The van der Waals surface area contributed by atoms with Gasteiger partial charge >= 0.3 is 6.18 Å². The van der Waals surface area contributed by atoms with Crippen molar-refractivity contribution in [3.05, 3.63) is 34.3 Å². The largest absolute Gasteiger partial charge is 0.417 e. The smallest absolute Gasteiger partial charge is 0.314 e. The maximum absolute atomic E-state index is 13.1. The summed E-state index contributed by atoms with van der Waals surface area (Å²) in [7, 11) is 0. The van der Waals surface area contributed by atoms with Gasteiger partial charge in [0.2, 0.25) is 0 Å². The molecule has 2 fully saturated rings. The van der Waals surface area contributed by atoms with Gasteiger partial charge in [-0.25, -0.2) is 0 Å². The van der Waals surface area contributed by atoms with Gasteiger partial charge in [-0.15, -0.1) is 24.8 Å². The molecule has 0 spiro atoms. The summed E-state index contributed by atoms with van der Waals surface area (Å²) in [6, 6.07) is 4.33. The normalized spacial score (nSPS) is 20.5. The molecule has 1 saturated carbocycles. The molecule has 1 aliphatic carbocycles. The Hall–Kier alpha value is -0.200. The van der Waals surface area contributed by atoms with Gasteiger partial charge in [0.15, 0.2) is 0 Å². The number of hydrogen-bond donors (Lipinski definition) is 1.